The monoisotopic (exact) mass is 301 g/mol. The highest BCUT2D eigenvalue weighted by atomic mass is 32.1. The molecule has 2 rings (SSSR count). The van der Waals surface area contributed by atoms with Crippen LogP contribution in [0.2, 0.25) is 0 Å². The molecule has 0 fully saturated rings. The van der Waals surface area contributed by atoms with E-state index < -0.39 is 16.4 Å². The smallest absolute Gasteiger partial charge is 0.311 e. The molecule has 1 heterocycles. The van der Waals surface area contributed by atoms with E-state index in [1.165, 1.54) is 35.6 Å². The normalized spacial score (nSPS) is 11.2. The van der Waals surface area contributed by atoms with Gasteiger partial charge < -0.3 is 5.11 Å². The topological polar surface area (TPSA) is 100 Å². The molecule has 0 aliphatic heterocycles. The molecular formula is C14H11N3O3S. The highest BCUT2D eigenvalue weighted by Gasteiger charge is 2.14. The summed E-state index contributed by atoms with van der Waals surface area (Å²) in [5.41, 5.74) is 1.25. The van der Waals surface area contributed by atoms with Crippen molar-refractivity contribution < 1.29 is 10.0 Å². The van der Waals surface area contributed by atoms with Crippen LogP contribution in [-0.2, 0) is 0 Å². The van der Waals surface area contributed by atoms with Crippen molar-refractivity contribution in [3.05, 3.63) is 49.5 Å². The third kappa shape index (κ3) is 3.07. The summed E-state index contributed by atoms with van der Waals surface area (Å²) in [5, 5.41) is 30.0. The van der Waals surface area contributed by atoms with Crippen molar-refractivity contribution in [3.63, 3.8) is 0 Å². The quantitative estimate of drug-likeness (QED) is 0.531. The van der Waals surface area contributed by atoms with E-state index in [4.69, 9.17) is 0 Å². The summed E-state index contributed by atoms with van der Waals surface area (Å²) in [7, 11) is 0. The van der Waals surface area contributed by atoms with Crippen molar-refractivity contribution in [2.24, 2.45) is 0 Å². The standard InChI is InChI=1S/C14H11N3O3S/c1-8-9(2)21-14(16-8)11(7-15)5-10-3-4-13(18)12(6-10)17(19)20/h3-6,18H,1-2H3/b11-5-. The second-order valence-corrected chi connectivity index (χ2v) is 5.54. The molecule has 0 unspecified atom stereocenters. The molecule has 2 aromatic rings. The Kier molecular flexibility index (Phi) is 4.00. The van der Waals surface area contributed by atoms with Gasteiger partial charge in [-0.2, -0.15) is 5.26 Å². The molecule has 0 aliphatic carbocycles. The molecule has 0 aliphatic rings. The number of nitro groups is 1. The second kappa shape index (κ2) is 5.73. The van der Waals surface area contributed by atoms with Crippen LogP contribution in [0, 0.1) is 35.3 Å². The van der Waals surface area contributed by atoms with Crippen LogP contribution in [0.4, 0.5) is 5.69 Å². The maximum Gasteiger partial charge on any atom is 0.311 e. The zero-order valence-corrected chi connectivity index (χ0v) is 12.1. The summed E-state index contributed by atoms with van der Waals surface area (Å²) in [6.45, 7) is 3.77. The number of benzene rings is 1. The first-order chi connectivity index (χ1) is 9.92. The molecule has 0 spiro atoms. The van der Waals surface area contributed by atoms with E-state index in [9.17, 15) is 20.5 Å². The molecule has 0 atom stereocenters. The van der Waals surface area contributed by atoms with E-state index in [2.05, 4.69) is 4.98 Å². The van der Waals surface area contributed by atoms with Crippen LogP contribution in [0.5, 0.6) is 5.75 Å². The number of aryl methyl sites for hydroxylation is 2. The zero-order valence-electron chi connectivity index (χ0n) is 11.3. The van der Waals surface area contributed by atoms with Crippen LogP contribution in [-0.4, -0.2) is 15.0 Å². The van der Waals surface area contributed by atoms with Crippen LogP contribution < -0.4 is 0 Å². The molecule has 1 aromatic heterocycles. The van der Waals surface area contributed by atoms with E-state index in [1.54, 1.807) is 0 Å². The fourth-order valence-corrected chi connectivity index (χ4v) is 2.55. The molecule has 6 nitrogen and oxygen atoms in total. The number of aromatic nitrogens is 1. The van der Waals surface area contributed by atoms with Crippen molar-refractivity contribution in [1.82, 2.24) is 4.98 Å². The first-order valence-corrected chi connectivity index (χ1v) is 6.77. The van der Waals surface area contributed by atoms with Gasteiger partial charge in [0.05, 0.1) is 16.2 Å². The van der Waals surface area contributed by atoms with Crippen molar-refractivity contribution in [3.8, 4) is 11.8 Å². The molecule has 7 heteroatoms. The summed E-state index contributed by atoms with van der Waals surface area (Å²) < 4.78 is 0. The van der Waals surface area contributed by atoms with Gasteiger partial charge in [-0.25, -0.2) is 4.98 Å². The van der Waals surface area contributed by atoms with E-state index >= 15 is 0 Å². The van der Waals surface area contributed by atoms with E-state index in [0.717, 1.165) is 10.6 Å². The maximum atomic E-state index is 10.8. The van der Waals surface area contributed by atoms with Gasteiger partial charge in [0, 0.05) is 10.9 Å². The van der Waals surface area contributed by atoms with Gasteiger partial charge in [-0.3, -0.25) is 10.1 Å². The van der Waals surface area contributed by atoms with E-state index in [0.29, 0.717) is 16.1 Å². The van der Waals surface area contributed by atoms with Gasteiger partial charge in [0.25, 0.3) is 0 Å². The van der Waals surface area contributed by atoms with Gasteiger partial charge in [-0.05, 0) is 31.6 Å². The Bertz CT molecular complexity index is 768. The van der Waals surface area contributed by atoms with E-state index in [-0.39, 0.29) is 0 Å². The Balaban J connectivity index is 2.48. The summed E-state index contributed by atoms with van der Waals surface area (Å²) in [6.07, 6.45) is 1.52. The highest BCUT2D eigenvalue weighted by Crippen LogP contribution is 2.29. The first-order valence-electron chi connectivity index (χ1n) is 5.96. The van der Waals surface area contributed by atoms with Gasteiger partial charge in [-0.1, -0.05) is 6.07 Å². The fraction of sp³-hybridized carbons (Fsp3) is 0.143. The van der Waals surface area contributed by atoms with Crippen LogP contribution >= 0.6 is 11.3 Å². The molecule has 0 saturated heterocycles. The molecular weight excluding hydrogens is 290 g/mol. The number of allylic oxidation sites excluding steroid dienone is 1. The van der Waals surface area contributed by atoms with Crippen LogP contribution in [0.25, 0.3) is 11.6 Å². The summed E-state index contributed by atoms with van der Waals surface area (Å²) in [5.74, 6) is -0.406. The Labute approximate surface area is 124 Å². The van der Waals surface area contributed by atoms with Crippen molar-refractivity contribution in [2.45, 2.75) is 13.8 Å². The van der Waals surface area contributed by atoms with Gasteiger partial charge in [0.1, 0.15) is 11.1 Å². The Morgan fingerprint density at radius 1 is 1.52 bits per heavy atom. The van der Waals surface area contributed by atoms with E-state index in [1.807, 2.05) is 19.9 Å². The largest absolute Gasteiger partial charge is 0.502 e. The third-order valence-corrected chi connectivity index (χ3v) is 3.99. The number of nitro benzene ring substituents is 1. The lowest BCUT2D eigenvalue weighted by Crippen LogP contribution is -1.89. The predicted octanol–water partition coefficient (Wildman–Crippen LogP) is 3.44. The minimum Gasteiger partial charge on any atom is -0.502 e. The lowest BCUT2D eigenvalue weighted by atomic mass is 10.1. The Morgan fingerprint density at radius 2 is 2.24 bits per heavy atom. The number of nitriles is 1. The average molecular weight is 301 g/mol. The number of hydrogen-bond acceptors (Lipinski definition) is 6. The Hall–Kier alpha value is -2.72. The zero-order chi connectivity index (χ0) is 15.6. The summed E-state index contributed by atoms with van der Waals surface area (Å²) >= 11 is 1.39. The number of phenols is 1. The molecule has 0 saturated carbocycles. The average Bonchev–Trinajstić information content (AvgIpc) is 2.77. The molecule has 21 heavy (non-hydrogen) atoms. The second-order valence-electron chi connectivity index (χ2n) is 4.34. The van der Waals surface area contributed by atoms with Gasteiger partial charge >= 0.3 is 5.69 Å². The number of thiazole rings is 1. The number of hydrogen-bond donors (Lipinski definition) is 1. The summed E-state index contributed by atoms with van der Waals surface area (Å²) in [6, 6.07) is 6.01. The SMILES string of the molecule is Cc1nc(/C(C#N)=C\c2ccc(O)c([N+](=O)[O-])c2)sc1C. The minimum atomic E-state index is -0.670. The highest BCUT2D eigenvalue weighted by molar-refractivity contribution is 7.12. The van der Waals surface area contributed by atoms with Crippen molar-refractivity contribution in [2.75, 3.05) is 0 Å². The number of nitrogens with zero attached hydrogens (tertiary/aromatic N) is 3. The van der Waals surface area contributed by atoms with Crippen LogP contribution in [0.3, 0.4) is 0 Å². The molecule has 0 radical (unpaired) electrons. The lowest BCUT2D eigenvalue weighted by Gasteiger charge is -1.98. The lowest BCUT2D eigenvalue weighted by molar-refractivity contribution is -0.385. The third-order valence-electron chi connectivity index (χ3n) is 2.89. The van der Waals surface area contributed by atoms with Gasteiger partial charge in [0.2, 0.25) is 0 Å². The molecule has 106 valence electrons. The molecule has 0 amide bonds. The molecule has 1 aromatic carbocycles. The fourth-order valence-electron chi connectivity index (χ4n) is 1.67. The molecule has 1 N–H and O–H groups in total. The number of phenolic OH excluding ortho intramolecular Hbond substituents is 1. The summed E-state index contributed by atoms with van der Waals surface area (Å²) in [4.78, 5) is 15.4. The van der Waals surface area contributed by atoms with Crippen molar-refractivity contribution in [1.29, 1.82) is 5.26 Å². The maximum absolute atomic E-state index is 10.8. The Morgan fingerprint density at radius 3 is 2.76 bits per heavy atom. The minimum absolute atomic E-state index is 0.330. The first kappa shape index (κ1) is 14.7. The van der Waals surface area contributed by atoms with Crippen molar-refractivity contribution >= 4 is 28.7 Å². The molecule has 0 bridgehead atoms. The number of aromatic hydroxyl groups is 1. The predicted molar refractivity (Wildman–Crippen MR) is 79.8 cm³/mol. The number of rotatable bonds is 3. The van der Waals surface area contributed by atoms with Gasteiger partial charge in [0.15, 0.2) is 5.75 Å². The van der Waals surface area contributed by atoms with Gasteiger partial charge in [-0.15, -0.1) is 11.3 Å². The van der Waals surface area contributed by atoms with Crippen LogP contribution in [0.1, 0.15) is 21.1 Å². The van der Waals surface area contributed by atoms with Crippen LogP contribution in [0.15, 0.2) is 18.2 Å².